The molecule has 0 heterocycles. The highest BCUT2D eigenvalue weighted by molar-refractivity contribution is 7.76. The van der Waals surface area contributed by atoms with Crippen molar-refractivity contribution < 1.29 is 4.57 Å². The van der Waals surface area contributed by atoms with Crippen molar-refractivity contribution >= 4 is 17.9 Å². The molecule has 3 aromatic carbocycles. The second-order valence-electron chi connectivity index (χ2n) is 6.51. The quantitative estimate of drug-likeness (QED) is 0.410. The topological polar surface area (TPSA) is 29.1 Å². The Kier molecular flexibility index (Phi) is 6.81. The fraction of sp³-hybridized carbons (Fsp3) is 0.167. The van der Waals surface area contributed by atoms with Gasteiger partial charge in [0.1, 0.15) is 0 Å². The largest absolute Gasteiger partial charge is 0.296 e. The van der Waals surface area contributed by atoms with Crippen LogP contribution in [0.4, 0.5) is 0 Å². The minimum absolute atomic E-state index is 0.121. The molecule has 2 nitrogen and oxygen atoms in total. The number of nitrogens with one attached hydrogen (secondary N) is 1. The van der Waals surface area contributed by atoms with Crippen molar-refractivity contribution in [3.63, 3.8) is 0 Å². The van der Waals surface area contributed by atoms with Crippen LogP contribution in [0.3, 0.4) is 0 Å². The molecule has 0 aromatic heterocycles. The summed E-state index contributed by atoms with van der Waals surface area (Å²) >= 11 is 0. The van der Waals surface area contributed by atoms with Crippen LogP contribution < -0.4 is 15.7 Å². The summed E-state index contributed by atoms with van der Waals surface area (Å²) in [6, 6.07) is 29.5. The highest BCUT2D eigenvalue weighted by Crippen LogP contribution is 2.42. The van der Waals surface area contributed by atoms with E-state index in [2.05, 4.69) is 36.3 Å². The fourth-order valence-electron chi connectivity index (χ4n) is 3.06. The molecule has 0 amide bonds. The van der Waals surface area contributed by atoms with Gasteiger partial charge in [0.2, 0.25) is 7.29 Å². The van der Waals surface area contributed by atoms with Gasteiger partial charge in [-0.15, -0.1) is 0 Å². The van der Waals surface area contributed by atoms with E-state index in [1.807, 2.05) is 78.9 Å². The predicted molar refractivity (Wildman–Crippen MR) is 116 cm³/mol. The van der Waals surface area contributed by atoms with Gasteiger partial charge in [-0.1, -0.05) is 92.2 Å². The lowest BCUT2D eigenvalue weighted by atomic mass is 10.1. The van der Waals surface area contributed by atoms with Crippen molar-refractivity contribution in [2.24, 2.45) is 0 Å². The highest BCUT2D eigenvalue weighted by Gasteiger charge is 2.29. The lowest BCUT2D eigenvalue weighted by molar-refractivity contribution is 0.573. The van der Waals surface area contributed by atoms with E-state index in [0.29, 0.717) is 0 Å². The summed E-state index contributed by atoms with van der Waals surface area (Å²) in [5.74, 6) is 0. The molecule has 0 bridgehead atoms. The summed E-state index contributed by atoms with van der Waals surface area (Å²) in [5.41, 5.74) is 1.11. The van der Waals surface area contributed by atoms with Crippen LogP contribution in [0.2, 0.25) is 0 Å². The second-order valence-corrected chi connectivity index (χ2v) is 9.02. The molecule has 1 unspecified atom stereocenters. The van der Waals surface area contributed by atoms with Crippen LogP contribution in [0.5, 0.6) is 0 Å². The van der Waals surface area contributed by atoms with Gasteiger partial charge in [0.05, 0.1) is 6.04 Å². The molecule has 1 N–H and O–H groups in total. The van der Waals surface area contributed by atoms with E-state index in [1.54, 1.807) is 0 Å². The molecule has 27 heavy (non-hydrogen) atoms. The zero-order chi connectivity index (χ0) is 19.0. The smallest absolute Gasteiger partial charge is 0.205 e. The van der Waals surface area contributed by atoms with Crippen molar-refractivity contribution in [1.82, 2.24) is 5.09 Å². The van der Waals surface area contributed by atoms with Gasteiger partial charge in [-0.25, -0.2) is 5.09 Å². The Balaban J connectivity index is 2.04. The minimum atomic E-state index is -3.00. The van der Waals surface area contributed by atoms with Crippen molar-refractivity contribution in [2.45, 2.75) is 25.8 Å². The van der Waals surface area contributed by atoms with Gasteiger partial charge in [0, 0.05) is 10.6 Å². The molecule has 1 atom stereocenters. The Bertz CT molecular complexity index is 848. The maximum atomic E-state index is 14.3. The highest BCUT2D eigenvalue weighted by atomic mass is 31.2. The molecular weight excluding hydrogens is 349 g/mol. The lowest BCUT2D eigenvalue weighted by Crippen LogP contribution is -2.30. The Morgan fingerprint density at radius 1 is 0.815 bits per heavy atom. The molecule has 3 rings (SSSR count). The summed E-state index contributed by atoms with van der Waals surface area (Å²) in [5, 5.41) is 5.15. The molecule has 3 aromatic rings. The summed E-state index contributed by atoms with van der Waals surface area (Å²) in [6.07, 6.45) is 6.40. The van der Waals surface area contributed by atoms with Crippen LogP contribution in [0.1, 0.15) is 31.4 Å². The summed E-state index contributed by atoms with van der Waals surface area (Å²) < 4.78 is 14.3. The molecule has 0 aliphatic rings. The number of unbranched alkanes of at least 4 members (excludes halogenated alkanes) is 1. The maximum absolute atomic E-state index is 14.3. The Labute approximate surface area is 162 Å². The average Bonchev–Trinajstić information content (AvgIpc) is 2.75. The van der Waals surface area contributed by atoms with Gasteiger partial charge in [-0.2, -0.15) is 0 Å². The van der Waals surface area contributed by atoms with E-state index < -0.39 is 7.29 Å². The van der Waals surface area contributed by atoms with Gasteiger partial charge >= 0.3 is 0 Å². The van der Waals surface area contributed by atoms with Crippen LogP contribution in [0, 0.1) is 0 Å². The Hall–Kier alpha value is -2.41. The first kappa shape index (κ1) is 19.4. The molecule has 0 aliphatic heterocycles. The molecule has 0 saturated carbocycles. The van der Waals surface area contributed by atoms with Crippen molar-refractivity contribution in [1.29, 1.82) is 0 Å². The van der Waals surface area contributed by atoms with Gasteiger partial charge < -0.3 is 0 Å². The van der Waals surface area contributed by atoms with Gasteiger partial charge in [-0.3, -0.25) is 4.57 Å². The molecule has 138 valence electrons. The number of hydrogen-bond acceptors (Lipinski definition) is 1. The average molecular weight is 375 g/mol. The third kappa shape index (κ3) is 4.86. The third-order valence-electron chi connectivity index (χ3n) is 4.50. The van der Waals surface area contributed by atoms with Crippen LogP contribution in [-0.4, -0.2) is 0 Å². The third-order valence-corrected chi connectivity index (χ3v) is 7.20. The molecule has 0 spiro atoms. The van der Waals surface area contributed by atoms with Crippen LogP contribution in [0.15, 0.2) is 103 Å². The number of rotatable bonds is 8. The predicted octanol–water partition coefficient (Wildman–Crippen LogP) is 5.60. The van der Waals surface area contributed by atoms with Crippen molar-refractivity contribution in [3.8, 4) is 0 Å². The van der Waals surface area contributed by atoms with E-state index in [0.717, 1.165) is 29.0 Å². The molecule has 0 aliphatic carbocycles. The zero-order valence-corrected chi connectivity index (χ0v) is 16.6. The molecule has 3 heteroatoms. The fourth-order valence-corrected chi connectivity index (χ4v) is 5.47. The van der Waals surface area contributed by atoms with Gasteiger partial charge in [0.25, 0.3) is 0 Å². The molecule has 0 fully saturated rings. The van der Waals surface area contributed by atoms with E-state index >= 15 is 0 Å². The minimum Gasteiger partial charge on any atom is -0.296 e. The molecule has 0 radical (unpaired) electrons. The van der Waals surface area contributed by atoms with E-state index in [9.17, 15) is 4.57 Å². The monoisotopic (exact) mass is 375 g/mol. The first-order chi connectivity index (χ1) is 13.2. The van der Waals surface area contributed by atoms with Crippen LogP contribution >= 0.6 is 7.29 Å². The second kappa shape index (κ2) is 9.50. The first-order valence-electron chi connectivity index (χ1n) is 9.44. The summed E-state index contributed by atoms with van der Waals surface area (Å²) in [4.78, 5) is 0. The lowest BCUT2D eigenvalue weighted by Gasteiger charge is -2.26. The van der Waals surface area contributed by atoms with E-state index in [4.69, 9.17) is 0 Å². The molecular formula is C24H26NOP. The standard InChI is InChI=1S/C24H26NOP/c1-2-3-7-20-24(21-14-8-4-9-15-21)25-27(26,22-16-10-5-11-17-22)23-18-12-6-13-19-23/h4-20,24H,2-3H2,1H3,(H,25,26)/b20-7+. The SMILES string of the molecule is CCC/C=C/C(NP(=O)(c1ccccc1)c1ccccc1)c1ccccc1. The maximum Gasteiger partial charge on any atom is 0.205 e. The van der Waals surface area contributed by atoms with Crippen LogP contribution in [-0.2, 0) is 4.57 Å². The van der Waals surface area contributed by atoms with E-state index in [-0.39, 0.29) is 6.04 Å². The van der Waals surface area contributed by atoms with E-state index in [1.165, 1.54) is 0 Å². The Morgan fingerprint density at radius 3 is 1.78 bits per heavy atom. The van der Waals surface area contributed by atoms with Crippen molar-refractivity contribution in [3.05, 3.63) is 109 Å². The van der Waals surface area contributed by atoms with Crippen molar-refractivity contribution in [2.75, 3.05) is 0 Å². The van der Waals surface area contributed by atoms with Gasteiger partial charge in [0.15, 0.2) is 0 Å². The zero-order valence-electron chi connectivity index (χ0n) is 15.7. The number of benzene rings is 3. The van der Waals surface area contributed by atoms with Gasteiger partial charge in [-0.05, 0) is 36.2 Å². The number of allylic oxidation sites excluding steroid dienone is 1. The summed E-state index contributed by atoms with van der Waals surface area (Å²) in [6.45, 7) is 2.16. The Morgan fingerprint density at radius 2 is 1.30 bits per heavy atom. The number of hydrogen-bond donors (Lipinski definition) is 1. The molecule has 0 saturated heterocycles. The first-order valence-corrected chi connectivity index (χ1v) is 11.2. The summed E-state index contributed by atoms with van der Waals surface area (Å²) in [7, 11) is -3.00. The normalized spacial score (nSPS) is 12.9. The van der Waals surface area contributed by atoms with Crippen LogP contribution in [0.25, 0.3) is 0 Å².